The SMILES string of the molecule is CN(CC(C)(C)CN)S(=O)(=O)c1ccccc1. The monoisotopic (exact) mass is 256 g/mol. The van der Waals surface area contributed by atoms with Crippen molar-refractivity contribution in [1.82, 2.24) is 4.31 Å². The van der Waals surface area contributed by atoms with E-state index >= 15 is 0 Å². The fourth-order valence-corrected chi connectivity index (χ4v) is 2.91. The smallest absolute Gasteiger partial charge is 0.242 e. The van der Waals surface area contributed by atoms with Crippen molar-refractivity contribution in [3.05, 3.63) is 30.3 Å². The number of nitrogens with two attached hydrogens (primary N) is 1. The van der Waals surface area contributed by atoms with Gasteiger partial charge in [0.1, 0.15) is 0 Å². The first-order valence-electron chi connectivity index (χ1n) is 5.51. The first-order valence-corrected chi connectivity index (χ1v) is 6.95. The summed E-state index contributed by atoms with van der Waals surface area (Å²) in [5.41, 5.74) is 5.39. The Morgan fingerprint density at radius 3 is 2.24 bits per heavy atom. The van der Waals surface area contributed by atoms with Gasteiger partial charge in [-0.25, -0.2) is 12.7 Å². The Morgan fingerprint density at radius 2 is 1.76 bits per heavy atom. The molecule has 0 atom stereocenters. The van der Waals surface area contributed by atoms with E-state index in [9.17, 15) is 8.42 Å². The maximum atomic E-state index is 12.2. The van der Waals surface area contributed by atoms with E-state index in [1.807, 2.05) is 13.8 Å². The summed E-state index contributed by atoms with van der Waals surface area (Å²) in [5.74, 6) is 0. The molecule has 1 aromatic carbocycles. The molecule has 17 heavy (non-hydrogen) atoms. The average molecular weight is 256 g/mol. The quantitative estimate of drug-likeness (QED) is 0.863. The minimum absolute atomic E-state index is 0.226. The largest absolute Gasteiger partial charge is 0.330 e. The topological polar surface area (TPSA) is 63.4 Å². The van der Waals surface area contributed by atoms with Gasteiger partial charge in [0.15, 0.2) is 0 Å². The molecule has 0 radical (unpaired) electrons. The van der Waals surface area contributed by atoms with Crippen molar-refractivity contribution in [1.29, 1.82) is 0 Å². The van der Waals surface area contributed by atoms with Gasteiger partial charge >= 0.3 is 0 Å². The molecule has 0 heterocycles. The molecule has 0 spiro atoms. The van der Waals surface area contributed by atoms with Crippen molar-refractivity contribution in [2.45, 2.75) is 18.7 Å². The van der Waals surface area contributed by atoms with Crippen molar-refractivity contribution in [3.8, 4) is 0 Å². The van der Waals surface area contributed by atoms with E-state index in [1.54, 1.807) is 37.4 Å². The Balaban J connectivity index is 2.93. The van der Waals surface area contributed by atoms with Gasteiger partial charge in [-0.05, 0) is 24.1 Å². The van der Waals surface area contributed by atoms with E-state index in [1.165, 1.54) is 4.31 Å². The van der Waals surface area contributed by atoms with E-state index in [0.29, 0.717) is 18.0 Å². The highest BCUT2D eigenvalue weighted by molar-refractivity contribution is 7.89. The van der Waals surface area contributed by atoms with Crippen LogP contribution in [0.5, 0.6) is 0 Å². The lowest BCUT2D eigenvalue weighted by Gasteiger charge is -2.28. The molecule has 0 aliphatic carbocycles. The number of sulfonamides is 1. The molecule has 4 nitrogen and oxygen atoms in total. The molecule has 0 aliphatic rings. The van der Waals surface area contributed by atoms with E-state index in [-0.39, 0.29) is 5.41 Å². The Morgan fingerprint density at radius 1 is 1.24 bits per heavy atom. The number of nitrogens with zero attached hydrogens (tertiary/aromatic N) is 1. The van der Waals surface area contributed by atoms with Crippen LogP contribution in [0.4, 0.5) is 0 Å². The zero-order valence-corrected chi connectivity index (χ0v) is 11.4. The molecular weight excluding hydrogens is 236 g/mol. The van der Waals surface area contributed by atoms with Gasteiger partial charge in [0, 0.05) is 13.6 Å². The predicted molar refractivity (Wildman–Crippen MR) is 69.1 cm³/mol. The molecule has 0 amide bonds. The standard InChI is InChI=1S/C12H20N2O2S/c1-12(2,9-13)10-14(3)17(15,16)11-7-5-4-6-8-11/h4-8H,9-10,13H2,1-3H3. The molecule has 1 rings (SSSR count). The van der Waals surface area contributed by atoms with Crippen LogP contribution in [0, 0.1) is 5.41 Å². The zero-order valence-electron chi connectivity index (χ0n) is 10.6. The predicted octanol–water partition coefficient (Wildman–Crippen LogP) is 1.29. The minimum atomic E-state index is -3.40. The highest BCUT2D eigenvalue weighted by Crippen LogP contribution is 2.20. The highest BCUT2D eigenvalue weighted by Gasteiger charge is 2.26. The number of rotatable bonds is 5. The lowest BCUT2D eigenvalue weighted by atomic mass is 9.94. The molecule has 0 aromatic heterocycles. The third-order valence-electron chi connectivity index (χ3n) is 2.65. The summed E-state index contributed by atoms with van der Waals surface area (Å²) in [6.45, 7) is 4.75. The van der Waals surface area contributed by atoms with Gasteiger partial charge in [0.05, 0.1) is 4.90 Å². The van der Waals surface area contributed by atoms with Crippen LogP contribution in [0.3, 0.4) is 0 Å². The summed E-state index contributed by atoms with van der Waals surface area (Å²) < 4.78 is 25.8. The summed E-state index contributed by atoms with van der Waals surface area (Å²) in [7, 11) is -1.82. The summed E-state index contributed by atoms with van der Waals surface area (Å²) in [6.07, 6.45) is 0. The highest BCUT2D eigenvalue weighted by atomic mass is 32.2. The lowest BCUT2D eigenvalue weighted by Crippen LogP contribution is -2.39. The van der Waals surface area contributed by atoms with Gasteiger partial charge < -0.3 is 5.73 Å². The van der Waals surface area contributed by atoms with E-state index < -0.39 is 10.0 Å². The van der Waals surface area contributed by atoms with Crippen LogP contribution < -0.4 is 5.73 Å². The molecule has 0 saturated carbocycles. The fourth-order valence-electron chi connectivity index (χ4n) is 1.52. The molecule has 0 unspecified atom stereocenters. The van der Waals surface area contributed by atoms with Gasteiger partial charge in [0.25, 0.3) is 0 Å². The van der Waals surface area contributed by atoms with Gasteiger partial charge in [-0.2, -0.15) is 0 Å². The number of hydrogen-bond donors (Lipinski definition) is 1. The van der Waals surface area contributed by atoms with Crippen LogP contribution in [-0.2, 0) is 10.0 Å². The first kappa shape index (κ1) is 14.2. The summed E-state index contributed by atoms with van der Waals surface area (Å²) in [4.78, 5) is 0.315. The Kier molecular flexibility index (Phi) is 4.30. The molecule has 0 aliphatic heterocycles. The molecule has 0 bridgehead atoms. The van der Waals surface area contributed by atoms with Crippen molar-refractivity contribution in [2.24, 2.45) is 11.1 Å². The van der Waals surface area contributed by atoms with Gasteiger partial charge in [0.2, 0.25) is 10.0 Å². The van der Waals surface area contributed by atoms with Crippen LogP contribution in [0.1, 0.15) is 13.8 Å². The van der Waals surface area contributed by atoms with Gasteiger partial charge in [-0.3, -0.25) is 0 Å². The zero-order chi connectivity index (χ0) is 13.1. The Hall–Kier alpha value is -0.910. The van der Waals surface area contributed by atoms with Crippen LogP contribution in [0.2, 0.25) is 0 Å². The molecular formula is C12H20N2O2S. The van der Waals surface area contributed by atoms with Crippen molar-refractivity contribution in [3.63, 3.8) is 0 Å². The van der Waals surface area contributed by atoms with Crippen molar-refractivity contribution >= 4 is 10.0 Å². The second-order valence-electron chi connectivity index (χ2n) is 4.94. The third-order valence-corrected chi connectivity index (χ3v) is 4.47. The normalized spacial score (nSPS) is 13.0. The molecule has 5 heteroatoms. The second-order valence-corrected chi connectivity index (χ2v) is 6.99. The van der Waals surface area contributed by atoms with Crippen LogP contribution in [-0.4, -0.2) is 32.9 Å². The van der Waals surface area contributed by atoms with Gasteiger partial charge in [-0.1, -0.05) is 32.0 Å². The third kappa shape index (κ3) is 3.52. The molecule has 1 aromatic rings. The summed E-state index contributed by atoms with van der Waals surface area (Å²) >= 11 is 0. The van der Waals surface area contributed by atoms with E-state index in [2.05, 4.69) is 0 Å². The van der Waals surface area contributed by atoms with Crippen LogP contribution in [0.25, 0.3) is 0 Å². The summed E-state index contributed by atoms with van der Waals surface area (Å²) in [5, 5.41) is 0. The number of benzene rings is 1. The minimum Gasteiger partial charge on any atom is -0.330 e. The lowest BCUT2D eigenvalue weighted by molar-refractivity contribution is 0.292. The first-order chi connectivity index (χ1) is 7.79. The molecule has 0 saturated heterocycles. The van der Waals surface area contributed by atoms with Crippen LogP contribution >= 0.6 is 0 Å². The van der Waals surface area contributed by atoms with E-state index in [4.69, 9.17) is 5.73 Å². The summed E-state index contributed by atoms with van der Waals surface area (Å²) in [6, 6.07) is 8.43. The maximum Gasteiger partial charge on any atom is 0.242 e. The molecule has 2 N–H and O–H groups in total. The average Bonchev–Trinajstić information content (AvgIpc) is 2.29. The number of hydrogen-bond acceptors (Lipinski definition) is 3. The fraction of sp³-hybridized carbons (Fsp3) is 0.500. The van der Waals surface area contributed by atoms with Crippen molar-refractivity contribution < 1.29 is 8.42 Å². The Bertz CT molecular complexity index is 455. The second kappa shape index (κ2) is 5.16. The van der Waals surface area contributed by atoms with E-state index in [0.717, 1.165) is 0 Å². The maximum absolute atomic E-state index is 12.2. The Labute approximate surface area is 103 Å². The molecule has 0 fully saturated rings. The molecule has 96 valence electrons. The van der Waals surface area contributed by atoms with Crippen molar-refractivity contribution in [2.75, 3.05) is 20.1 Å². The van der Waals surface area contributed by atoms with Crippen LogP contribution in [0.15, 0.2) is 35.2 Å². The van der Waals surface area contributed by atoms with Gasteiger partial charge in [-0.15, -0.1) is 0 Å².